The Hall–Kier alpha value is -1.12. The second kappa shape index (κ2) is 7.29. The quantitative estimate of drug-likeness (QED) is 0.448. The van der Waals surface area contributed by atoms with Crippen molar-refractivity contribution in [2.24, 2.45) is 34.5 Å². The molecular weight excluding hydrogens is 348 g/mol. The second-order valence-corrected chi connectivity index (χ2v) is 11.0. The summed E-state index contributed by atoms with van der Waals surface area (Å²) in [5.74, 6) is 3.00. The van der Waals surface area contributed by atoms with Crippen molar-refractivity contribution in [2.45, 2.75) is 98.0 Å². The van der Waals surface area contributed by atoms with Gasteiger partial charge in [0.25, 0.3) is 0 Å². The van der Waals surface area contributed by atoms with Gasteiger partial charge in [0.05, 0.1) is 0 Å². The van der Waals surface area contributed by atoms with Crippen molar-refractivity contribution < 1.29 is 14.3 Å². The first-order valence-corrected chi connectivity index (χ1v) is 11.7. The van der Waals surface area contributed by atoms with Gasteiger partial charge in [0.2, 0.25) is 0 Å². The predicted octanol–water partition coefficient (Wildman–Crippen LogP) is 5.87. The lowest BCUT2D eigenvalue weighted by Gasteiger charge is -2.56. The first-order chi connectivity index (χ1) is 13.2. The van der Waals surface area contributed by atoms with Crippen LogP contribution in [0.1, 0.15) is 91.9 Å². The molecule has 4 aliphatic carbocycles. The van der Waals surface area contributed by atoms with Gasteiger partial charge in [-0.1, -0.05) is 39.3 Å². The number of Topliss-reactive ketones (excluding diaryl/α,β-unsaturated/α-hetero) is 1. The summed E-state index contributed by atoms with van der Waals surface area (Å²) >= 11 is 0. The Morgan fingerprint density at radius 2 is 1.86 bits per heavy atom. The summed E-state index contributed by atoms with van der Waals surface area (Å²) in [6.07, 6.45) is 12.3. The smallest absolute Gasteiger partial charge is 0.306 e. The molecule has 0 aromatic heterocycles. The van der Waals surface area contributed by atoms with Gasteiger partial charge >= 0.3 is 5.97 Å². The minimum atomic E-state index is -0.0496. The van der Waals surface area contributed by atoms with Gasteiger partial charge in [-0.15, -0.1) is 0 Å². The summed E-state index contributed by atoms with van der Waals surface area (Å²) in [6.45, 7) is 9.01. The zero-order valence-corrected chi connectivity index (χ0v) is 18.3. The molecule has 3 saturated carbocycles. The van der Waals surface area contributed by atoms with E-state index in [2.05, 4.69) is 33.8 Å². The molecule has 0 bridgehead atoms. The van der Waals surface area contributed by atoms with E-state index in [-0.39, 0.29) is 22.9 Å². The van der Waals surface area contributed by atoms with Gasteiger partial charge in [0.1, 0.15) is 11.9 Å². The van der Waals surface area contributed by atoms with Gasteiger partial charge in [-0.05, 0) is 74.0 Å². The summed E-state index contributed by atoms with van der Waals surface area (Å²) in [6, 6.07) is 0. The molecule has 4 aliphatic rings. The Bertz CT molecular complexity index is 677. The van der Waals surface area contributed by atoms with Gasteiger partial charge in [-0.25, -0.2) is 0 Å². The number of allylic oxidation sites excluding steroid dienone is 1. The summed E-state index contributed by atoms with van der Waals surface area (Å²) in [7, 11) is 0. The van der Waals surface area contributed by atoms with Crippen molar-refractivity contribution in [2.75, 3.05) is 0 Å². The zero-order valence-electron chi connectivity index (χ0n) is 18.3. The number of carbonyl (C=O) groups excluding carboxylic acids is 2. The minimum absolute atomic E-state index is 0.0190. The maximum absolute atomic E-state index is 12.5. The van der Waals surface area contributed by atoms with Crippen LogP contribution in [0.25, 0.3) is 0 Å². The highest BCUT2D eigenvalue weighted by Gasteiger charge is 2.58. The van der Waals surface area contributed by atoms with Crippen molar-refractivity contribution in [3.05, 3.63) is 11.6 Å². The molecule has 0 heterocycles. The van der Waals surface area contributed by atoms with E-state index in [9.17, 15) is 9.59 Å². The molecule has 6 atom stereocenters. The fraction of sp³-hybridized carbons (Fsp3) is 0.840. The van der Waals surface area contributed by atoms with Gasteiger partial charge < -0.3 is 4.74 Å². The maximum atomic E-state index is 12.5. The Morgan fingerprint density at radius 1 is 1.14 bits per heavy atom. The molecular formula is C25H38O3. The highest BCUT2D eigenvalue weighted by molar-refractivity contribution is 5.87. The van der Waals surface area contributed by atoms with Crippen LogP contribution >= 0.6 is 0 Å². The molecule has 0 radical (unpaired) electrons. The molecule has 3 nitrogen and oxygen atoms in total. The van der Waals surface area contributed by atoms with Crippen LogP contribution in [0.3, 0.4) is 0 Å². The van der Waals surface area contributed by atoms with Crippen molar-refractivity contribution in [1.29, 1.82) is 0 Å². The van der Waals surface area contributed by atoms with Crippen LogP contribution in [0.2, 0.25) is 0 Å². The maximum Gasteiger partial charge on any atom is 0.306 e. The molecule has 0 N–H and O–H groups in total. The monoisotopic (exact) mass is 386 g/mol. The predicted molar refractivity (Wildman–Crippen MR) is 111 cm³/mol. The van der Waals surface area contributed by atoms with E-state index in [1.165, 1.54) is 12.0 Å². The third-order valence-corrected chi connectivity index (χ3v) is 8.99. The Kier molecular flexibility index (Phi) is 5.25. The lowest BCUT2D eigenvalue weighted by Crippen LogP contribution is -2.50. The van der Waals surface area contributed by atoms with Crippen LogP contribution in [0.4, 0.5) is 0 Å². The molecule has 0 aliphatic heterocycles. The van der Waals surface area contributed by atoms with Crippen LogP contribution in [0, 0.1) is 34.5 Å². The number of carbonyl (C=O) groups is 2. The lowest BCUT2D eigenvalue weighted by molar-refractivity contribution is -0.151. The van der Waals surface area contributed by atoms with Crippen LogP contribution in [-0.4, -0.2) is 17.9 Å². The average molecular weight is 387 g/mol. The van der Waals surface area contributed by atoms with E-state index in [0.29, 0.717) is 35.9 Å². The van der Waals surface area contributed by atoms with E-state index in [1.54, 1.807) is 0 Å². The normalized spacial score (nSPS) is 42.5. The molecule has 0 spiro atoms. The molecule has 0 aromatic rings. The third kappa shape index (κ3) is 3.27. The van der Waals surface area contributed by atoms with Crippen molar-refractivity contribution >= 4 is 11.8 Å². The molecule has 0 unspecified atom stereocenters. The first-order valence-electron chi connectivity index (χ1n) is 11.7. The number of esters is 1. The number of fused-ring (bicyclic) bond motifs is 5. The third-order valence-electron chi connectivity index (χ3n) is 8.99. The van der Waals surface area contributed by atoms with Crippen LogP contribution in [0.15, 0.2) is 11.6 Å². The van der Waals surface area contributed by atoms with E-state index in [1.807, 2.05) is 0 Å². The molecule has 156 valence electrons. The van der Waals surface area contributed by atoms with E-state index < -0.39 is 0 Å². The van der Waals surface area contributed by atoms with Crippen molar-refractivity contribution in [1.82, 2.24) is 0 Å². The summed E-state index contributed by atoms with van der Waals surface area (Å²) < 4.78 is 5.85. The fourth-order valence-electron chi connectivity index (χ4n) is 7.15. The zero-order chi connectivity index (χ0) is 20.1. The van der Waals surface area contributed by atoms with Gasteiger partial charge in [-0.2, -0.15) is 0 Å². The molecule has 0 saturated heterocycles. The highest BCUT2D eigenvalue weighted by Crippen LogP contribution is 2.64. The molecule has 3 heteroatoms. The number of ether oxygens (including phenoxy) is 1. The van der Waals surface area contributed by atoms with Crippen LogP contribution in [-0.2, 0) is 14.3 Å². The summed E-state index contributed by atoms with van der Waals surface area (Å²) in [5, 5.41) is 0. The second-order valence-electron chi connectivity index (χ2n) is 11.0. The largest absolute Gasteiger partial charge is 0.462 e. The molecule has 4 rings (SSSR count). The SMILES string of the molecule is CC(C)CCC(=O)O[C@@H]1CC[C@@]2(C)C(=CC[C@@H]3[C@@H]2CC[C@]2(C)C(=O)CC[C@@H]32)C1. The number of hydrogen-bond donors (Lipinski definition) is 0. The standard InChI is InChI=1S/C25H38O3/c1-16(2)5-10-23(27)28-18-11-13-24(3)17(15-18)6-7-19-20-8-9-22(26)25(20,4)14-12-21(19)24/h6,16,18-21H,5,7-15H2,1-4H3/t18-,19+,20+,21+,24+,25+/m1/s1. The number of hydrogen-bond acceptors (Lipinski definition) is 3. The fourth-order valence-corrected chi connectivity index (χ4v) is 7.15. The van der Waals surface area contributed by atoms with Crippen molar-refractivity contribution in [3.8, 4) is 0 Å². The van der Waals surface area contributed by atoms with Gasteiger partial charge in [-0.3, -0.25) is 9.59 Å². The van der Waals surface area contributed by atoms with E-state index in [0.717, 1.165) is 51.4 Å². The molecule has 0 aromatic carbocycles. The van der Waals surface area contributed by atoms with Crippen LogP contribution < -0.4 is 0 Å². The topological polar surface area (TPSA) is 43.4 Å². The van der Waals surface area contributed by atoms with Gasteiger partial charge in [0, 0.05) is 24.7 Å². The number of rotatable bonds is 4. The highest BCUT2D eigenvalue weighted by atomic mass is 16.5. The summed E-state index contributed by atoms with van der Waals surface area (Å²) in [4.78, 5) is 24.7. The lowest BCUT2D eigenvalue weighted by atomic mass is 9.48. The molecule has 0 amide bonds. The Morgan fingerprint density at radius 3 is 2.61 bits per heavy atom. The first kappa shape index (κ1) is 20.2. The molecule has 28 heavy (non-hydrogen) atoms. The summed E-state index contributed by atoms with van der Waals surface area (Å²) in [5.41, 5.74) is 1.73. The van der Waals surface area contributed by atoms with E-state index >= 15 is 0 Å². The number of ketones is 1. The Balaban J connectivity index is 1.45. The van der Waals surface area contributed by atoms with Gasteiger partial charge in [0.15, 0.2) is 0 Å². The average Bonchev–Trinajstić information content (AvgIpc) is 2.95. The van der Waals surface area contributed by atoms with E-state index in [4.69, 9.17) is 4.74 Å². The van der Waals surface area contributed by atoms with Crippen molar-refractivity contribution in [3.63, 3.8) is 0 Å². The van der Waals surface area contributed by atoms with Crippen LogP contribution in [0.5, 0.6) is 0 Å². The molecule has 3 fully saturated rings. The minimum Gasteiger partial charge on any atom is -0.462 e. The Labute approximate surface area is 170 Å².